The van der Waals surface area contributed by atoms with Gasteiger partial charge in [0, 0.05) is 0 Å². The van der Waals surface area contributed by atoms with Crippen LogP contribution >= 0.6 is 0 Å². The summed E-state index contributed by atoms with van der Waals surface area (Å²) in [7, 11) is 0. The fourth-order valence-electron chi connectivity index (χ4n) is 0.220. The van der Waals surface area contributed by atoms with Gasteiger partial charge in [-0.1, -0.05) is 12.2 Å². The largest absolute Gasteiger partial charge is 0.371 e. The summed E-state index contributed by atoms with van der Waals surface area (Å²) in [6, 6.07) is 0. The minimum absolute atomic E-state index is 0.215. The van der Waals surface area contributed by atoms with E-state index >= 15 is 0 Å². The van der Waals surface area contributed by atoms with Crippen molar-refractivity contribution in [2.75, 3.05) is 13.4 Å². The number of aliphatic hydroxyl groups is 1. The maximum atomic E-state index is 8.05. The van der Waals surface area contributed by atoms with E-state index in [1.165, 1.54) is 0 Å². The molecule has 0 bridgehead atoms. The van der Waals surface area contributed by atoms with E-state index in [1.807, 2.05) is 6.92 Å². The standard InChI is InChI=1S/C5H10O2/c1-5(2)3-7-4-6/h6H,1,3-4H2,2H3. The smallest absolute Gasteiger partial charge is 0.143 e. The van der Waals surface area contributed by atoms with Gasteiger partial charge in [-0.05, 0) is 6.92 Å². The molecule has 0 saturated heterocycles. The molecule has 1 N–H and O–H groups in total. The Balaban J connectivity index is 2.82. The molecule has 0 fully saturated rings. The van der Waals surface area contributed by atoms with Crippen molar-refractivity contribution in [3.05, 3.63) is 12.2 Å². The Morgan fingerprint density at radius 2 is 2.43 bits per heavy atom. The number of hydrogen-bond donors (Lipinski definition) is 1. The molecule has 0 aromatic heterocycles. The molecule has 0 spiro atoms. The van der Waals surface area contributed by atoms with Gasteiger partial charge in [-0.25, -0.2) is 0 Å². The molecule has 0 aromatic carbocycles. The van der Waals surface area contributed by atoms with Gasteiger partial charge in [-0.3, -0.25) is 0 Å². The second-order valence-electron chi connectivity index (χ2n) is 1.43. The van der Waals surface area contributed by atoms with Crippen LogP contribution in [0, 0.1) is 0 Å². The van der Waals surface area contributed by atoms with Crippen LogP contribution in [0.2, 0.25) is 0 Å². The van der Waals surface area contributed by atoms with Crippen LogP contribution in [0.4, 0.5) is 0 Å². The average molecular weight is 102 g/mol. The fraction of sp³-hybridized carbons (Fsp3) is 0.600. The highest BCUT2D eigenvalue weighted by Gasteiger charge is 1.80. The van der Waals surface area contributed by atoms with Crippen LogP contribution in [0.25, 0.3) is 0 Å². The second kappa shape index (κ2) is 3.84. The van der Waals surface area contributed by atoms with Crippen molar-refractivity contribution < 1.29 is 9.84 Å². The zero-order chi connectivity index (χ0) is 5.70. The molecule has 0 amide bonds. The van der Waals surface area contributed by atoms with Crippen LogP contribution < -0.4 is 0 Å². The molecular formula is C5H10O2. The molecular weight excluding hydrogens is 92.1 g/mol. The Kier molecular flexibility index (Phi) is 3.65. The normalized spacial score (nSPS) is 8.86. The molecule has 0 atom stereocenters. The van der Waals surface area contributed by atoms with Gasteiger partial charge in [-0.2, -0.15) is 0 Å². The predicted molar refractivity (Wildman–Crippen MR) is 27.9 cm³/mol. The van der Waals surface area contributed by atoms with E-state index in [4.69, 9.17) is 5.11 Å². The van der Waals surface area contributed by atoms with Crippen LogP contribution in [0.3, 0.4) is 0 Å². The van der Waals surface area contributed by atoms with E-state index in [-0.39, 0.29) is 6.79 Å². The van der Waals surface area contributed by atoms with Crippen molar-refractivity contribution in [3.8, 4) is 0 Å². The van der Waals surface area contributed by atoms with Crippen LogP contribution in [0.15, 0.2) is 12.2 Å². The summed E-state index contributed by atoms with van der Waals surface area (Å²) in [5.74, 6) is 0. The lowest BCUT2D eigenvalue weighted by molar-refractivity contribution is 0.0102. The van der Waals surface area contributed by atoms with Crippen molar-refractivity contribution in [3.63, 3.8) is 0 Å². The highest BCUT2D eigenvalue weighted by atomic mass is 16.6. The van der Waals surface area contributed by atoms with E-state index in [0.717, 1.165) is 5.57 Å². The molecule has 0 heterocycles. The Labute approximate surface area is 43.4 Å². The monoisotopic (exact) mass is 102 g/mol. The molecule has 42 valence electrons. The van der Waals surface area contributed by atoms with Gasteiger partial charge in [0.2, 0.25) is 0 Å². The van der Waals surface area contributed by atoms with E-state index in [9.17, 15) is 0 Å². The maximum Gasteiger partial charge on any atom is 0.143 e. The molecule has 7 heavy (non-hydrogen) atoms. The van der Waals surface area contributed by atoms with Crippen molar-refractivity contribution in [1.82, 2.24) is 0 Å². The van der Waals surface area contributed by atoms with Gasteiger partial charge in [0.15, 0.2) is 0 Å². The van der Waals surface area contributed by atoms with Crippen molar-refractivity contribution >= 4 is 0 Å². The minimum Gasteiger partial charge on any atom is -0.371 e. The van der Waals surface area contributed by atoms with Gasteiger partial charge >= 0.3 is 0 Å². The lowest BCUT2D eigenvalue weighted by Gasteiger charge is -1.94. The van der Waals surface area contributed by atoms with Gasteiger partial charge < -0.3 is 9.84 Å². The van der Waals surface area contributed by atoms with Gasteiger partial charge in [0.05, 0.1) is 6.61 Å². The van der Waals surface area contributed by atoms with E-state index in [1.54, 1.807) is 0 Å². The molecule has 0 unspecified atom stereocenters. The topological polar surface area (TPSA) is 29.5 Å². The Hall–Kier alpha value is -0.340. The lowest BCUT2D eigenvalue weighted by Crippen LogP contribution is -1.94. The van der Waals surface area contributed by atoms with E-state index < -0.39 is 0 Å². The van der Waals surface area contributed by atoms with Gasteiger partial charge in [0.1, 0.15) is 6.79 Å². The van der Waals surface area contributed by atoms with Crippen LogP contribution in [0.5, 0.6) is 0 Å². The Morgan fingerprint density at radius 3 is 2.57 bits per heavy atom. The van der Waals surface area contributed by atoms with Gasteiger partial charge in [-0.15, -0.1) is 0 Å². The molecule has 0 aliphatic rings. The van der Waals surface area contributed by atoms with E-state index in [2.05, 4.69) is 11.3 Å². The summed E-state index contributed by atoms with van der Waals surface area (Å²) in [6.07, 6.45) is 0. The quantitative estimate of drug-likeness (QED) is 0.416. The van der Waals surface area contributed by atoms with Crippen LogP contribution in [0.1, 0.15) is 6.92 Å². The third-order valence-corrected chi connectivity index (χ3v) is 0.440. The molecule has 0 aromatic rings. The first-order chi connectivity index (χ1) is 3.27. The highest BCUT2D eigenvalue weighted by Crippen LogP contribution is 1.84. The number of rotatable bonds is 3. The third kappa shape index (κ3) is 5.66. The summed E-state index contributed by atoms with van der Waals surface area (Å²) in [5, 5.41) is 8.05. The molecule has 0 aliphatic heterocycles. The summed E-state index contributed by atoms with van der Waals surface area (Å²) < 4.78 is 4.55. The summed E-state index contributed by atoms with van der Waals surface area (Å²) in [5.41, 5.74) is 0.925. The second-order valence-corrected chi connectivity index (χ2v) is 1.43. The number of ether oxygens (including phenoxy) is 1. The summed E-state index contributed by atoms with van der Waals surface area (Å²) in [6.45, 7) is 5.64. The molecule has 0 saturated carbocycles. The van der Waals surface area contributed by atoms with Crippen LogP contribution in [-0.4, -0.2) is 18.5 Å². The SMILES string of the molecule is C=C(C)COCO. The fourth-order valence-corrected chi connectivity index (χ4v) is 0.220. The van der Waals surface area contributed by atoms with Crippen LogP contribution in [-0.2, 0) is 4.74 Å². The van der Waals surface area contributed by atoms with Crippen molar-refractivity contribution in [2.24, 2.45) is 0 Å². The molecule has 0 aliphatic carbocycles. The zero-order valence-corrected chi connectivity index (χ0v) is 4.48. The first-order valence-corrected chi connectivity index (χ1v) is 2.10. The summed E-state index contributed by atoms with van der Waals surface area (Å²) >= 11 is 0. The first kappa shape index (κ1) is 6.66. The van der Waals surface area contributed by atoms with E-state index in [0.29, 0.717) is 6.61 Å². The lowest BCUT2D eigenvalue weighted by atomic mass is 10.4. The first-order valence-electron chi connectivity index (χ1n) is 2.10. The summed E-state index contributed by atoms with van der Waals surface area (Å²) in [4.78, 5) is 0. The molecule has 2 heteroatoms. The van der Waals surface area contributed by atoms with Crippen molar-refractivity contribution in [1.29, 1.82) is 0 Å². The number of hydrogen-bond acceptors (Lipinski definition) is 2. The predicted octanol–water partition coefficient (Wildman–Crippen LogP) is 0.529. The third-order valence-electron chi connectivity index (χ3n) is 0.440. The number of aliphatic hydroxyl groups excluding tert-OH is 1. The molecule has 2 nitrogen and oxygen atoms in total. The Bertz CT molecular complexity index is 59.1. The maximum absolute atomic E-state index is 8.05. The highest BCUT2D eigenvalue weighted by molar-refractivity contribution is 4.86. The van der Waals surface area contributed by atoms with Gasteiger partial charge in [0.25, 0.3) is 0 Å². The van der Waals surface area contributed by atoms with Crippen molar-refractivity contribution in [2.45, 2.75) is 6.92 Å². The molecule has 0 rings (SSSR count). The average Bonchev–Trinajstić information content (AvgIpc) is 1.61. The minimum atomic E-state index is -0.215. The zero-order valence-electron chi connectivity index (χ0n) is 4.48. The molecule has 0 radical (unpaired) electrons. The Morgan fingerprint density at radius 1 is 1.86 bits per heavy atom.